The summed E-state index contributed by atoms with van der Waals surface area (Å²) >= 11 is 0. The lowest BCUT2D eigenvalue weighted by Gasteiger charge is -2.13. The first kappa shape index (κ1) is 13.1. The Morgan fingerprint density at radius 2 is 1.84 bits per heavy atom. The van der Waals surface area contributed by atoms with Crippen LogP contribution in [0.15, 0.2) is 42.5 Å². The first-order chi connectivity index (χ1) is 9.26. The third-order valence-corrected chi connectivity index (χ3v) is 2.95. The standard InChI is InChI=1S/C16H16O3/c1-12-15(9-8-14(10-17)16(12)18-2)19-11-13-6-4-3-5-7-13/h3-10H,11H2,1-2H3. The topological polar surface area (TPSA) is 35.5 Å². The van der Waals surface area contributed by atoms with Gasteiger partial charge in [-0.1, -0.05) is 30.3 Å². The van der Waals surface area contributed by atoms with Gasteiger partial charge >= 0.3 is 0 Å². The summed E-state index contributed by atoms with van der Waals surface area (Å²) < 4.78 is 11.0. The number of rotatable bonds is 5. The average Bonchev–Trinajstić information content (AvgIpc) is 2.46. The molecule has 0 bridgehead atoms. The molecule has 0 saturated heterocycles. The number of hydrogen-bond acceptors (Lipinski definition) is 3. The highest BCUT2D eigenvalue weighted by molar-refractivity contribution is 5.81. The summed E-state index contributed by atoms with van der Waals surface area (Å²) in [5, 5.41) is 0. The molecule has 2 aromatic rings. The zero-order valence-electron chi connectivity index (χ0n) is 11.1. The maximum atomic E-state index is 10.9. The van der Waals surface area contributed by atoms with Crippen LogP contribution in [-0.2, 0) is 6.61 Å². The second-order valence-corrected chi connectivity index (χ2v) is 4.20. The molecule has 0 N–H and O–H groups in total. The van der Waals surface area contributed by atoms with Gasteiger partial charge in [0.1, 0.15) is 18.1 Å². The van der Waals surface area contributed by atoms with Crippen LogP contribution in [0.4, 0.5) is 0 Å². The lowest BCUT2D eigenvalue weighted by molar-refractivity contribution is 0.112. The number of ether oxygens (including phenoxy) is 2. The van der Waals surface area contributed by atoms with Crippen molar-refractivity contribution < 1.29 is 14.3 Å². The van der Waals surface area contributed by atoms with Gasteiger partial charge in [0.05, 0.1) is 12.7 Å². The molecule has 0 heterocycles. The minimum absolute atomic E-state index is 0.491. The highest BCUT2D eigenvalue weighted by atomic mass is 16.5. The van der Waals surface area contributed by atoms with Crippen LogP contribution in [0.25, 0.3) is 0 Å². The number of benzene rings is 2. The van der Waals surface area contributed by atoms with Crippen molar-refractivity contribution >= 4 is 6.29 Å². The molecule has 3 nitrogen and oxygen atoms in total. The van der Waals surface area contributed by atoms with Crippen molar-refractivity contribution in [2.75, 3.05) is 7.11 Å². The van der Waals surface area contributed by atoms with Crippen LogP contribution >= 0.6 is 0 Å². The van der Waals surface area contributed by atoms with Crippen molar-refractivity contribution in [3.05, 3.63) is 59.2 Å². The normalized spacial score (nSPS) is 10.0. The van der Waals surface area contributed by atoms with E-state index in [-0.39, 0.29) is 0 Å². The van der Waals surface area contributed by atoms with Crippen LogP contribution in [0.2, 0.25) is 0 Å². The molecule has 0 unspecified atom stereocenters. The molecule has 0 radical (unpaired) electrons. The Labute approximate surface area is 112 Å². The van der Waals surface area contributed by atoms with Crippen molar-refractivity contribution in [1.82, 2.24) is 0 Å². The van der Waals surface area contributed by atoms with E-state index in [1.807, 2.05) is 37.3 Å². The summed E-state index contributed by atoms with van der Waals surface area (Å²) in [5.41, 5.74) is 2.47. The Bertz CT molecular complexity index is 562. The van der Waals surface area contributed by atoms with Gasteiger partial charge in [0.15, 0.2) is 6.29 Å². The lowest BCUT2D eigenvalue weighted by Crippen LogP contribution is -2.00. The molecule has 19 heavy (non-hydrogen) atoms. The Hall–Kier alpha value is -2.29. The molecule has 3 heteroatoms. The molecule has 0 atom stereocenters. The molecular formula is C16H16O3. The fraction of sp³-hybridized carbons (Fsp3) is 0.188. The largest absolute Gasteiger partial charge is 0.496 e. The first-order valence-electron chi connectivity index (χ1n) is 6.05. The van der Waals surface area contributed by atoms with Crippen LogP contribution < -0.4 is 9.47 Å². The van der Waals surface area contributed by atoms with E-state index in [0.29, 0.717) is 17.9 Å². The molecule has 2 rings (SSSR count). The molecule has 0 fully saturated rings. The van der Waals surface area contributed by atoms with Crippen molar-refractivity contribution in [2.45, 2.75) is 13.5 Å². The third-order valence-electron chi connectivity index (χ3n) is 2.95. The molecule has 0 aliphatic carbocycles. The average molecular weight is 256 g/mol. The maximum Gasteiger partial charge on any atom is 0.153 e. The fourth-order valence-electron chi connectivity index (χ4n) is 1.95. The van der Waals surface area contributed by atoms with E-state index in [1.54, 1.807) is 19.2 Å². The molecule has 0 aliphatic rings. The van der Waals surface area contributed by atoms with Crippen LogP contribution in [0.1, 0.15) is 21.5 Å². The van der Waals surface area contributed by atoms with Crippen molar-refractivity contribution in [1.29, 1.82) is 0 Å². The van der Waals surface area contributed by atoms with Gasteiger partial charge in [-0.3, -0.25) is 4.79 Å². The Kier molecular flexibility index (Phi) is 4.18. The van der Waals surface area contributed by atoms with Gasteiger partial charge in [0, 0.05) is 5.56 Å². The first-order valence-corrected chi connectivity index (χ1v) is 6.05. The summed E-state index contributed by atoms with van der Waals surface area (Å²) in [5.74, 6) is 1.30. The van der Waals surface area contributed by atoms with Gasteiger partial charge in [0.25, 0.3) is 0 Å². The number of hydrogen-bond donors (Lipinski definition) is 0. The highest BCUT2D eigenvalue weighted by Gasteiger charge is 2.11. The van der Waals surface area contributed by atoms with E-state index in [1.165, 1.54) is 0 Å². The van der Waals surface area contributed by atoms with Crippen molar-refractivity contribution in [3.8, 4) is 11.5 Å². The van der Waals surface area contributed by atoms with Gasteiger partial charge < -0.3 is 9.47 Å². The predicted octanol–water partition coefficient (Wildman–Crippen LogP) is 3.40. The molecule has 2 aromatic carbocycles. The minimum atomic E-state index is 0.491. The van der Waals surface area contributed by atoms with E-state index in [0.717, 1.165) is 23.2 Å². The van der Waals surface area contributed by atoms with Gasteiger partial charge in [-0.05, 0) is 24.6 Å². The third kappa shape index (κ3) is 2.94. The second-order valence-electron chi connectivity index (χ2n) is 4.20. The van der Waals surface area contributed by atoms with Gasteiger partial charge in [-0.2, -0.15) is 0 Å². The van der Waals surface area contributed by atoms with Gasteiger partial charge in [-0.25, -0.2) is 0 Å². The molecule has 0 aromatic heterocycles. The van der Waals surface area contributed by atoms with Crippen molar-refractivity contribution in [2.24, 2.45) is 0 Å². The van der Waals surface area contributed by atoms with E-state index in [2.05, 4.69) is 0 Å². The second kappa shape index (κ2) is 6.05. The van der Waals surface area contributed by atoms with E-state index in [4.69, 9.17) is 9.47 Å². The molecule has 0 aliphatic heterocycles. The monoisotopic (exact) mass is 256 g/mol. The smallest absolute Gasteiger partial charge is 0.153 e. The van der Waals surface area contributed by atoms with E-state index in [9.17, 15) is 4.79 Å². The molecule has 0 saturated carbocycles. The Balaban J connectivity index is 2.19. The van der Waals surface area contributed by atoms with Crippen LogP contribution in [0, 0.1) is 6.92 Å². The molecule has 0 spiro atoms. The SMILES string of the molecule is COc1c(C=O)ccc(OCc2ccccc2)c1C. The summed E-state index contributed by atoms with van der Waals surface area (Å²) in [6.45, 7) is 2.37. The number of carbonyl (C=O) groups is 1. The predicted molar refractivity (Wildman–Crippen MR) is 73.9 cm³/mol. The lowest BCUT2D eigenvalue weighted by atomic mass is 10.1. The van der Waals surface area contributed by atoms with Crippen molar-refractivity contribution in [3.63, 3.8) is 0 Å². The maximum absolute atomic E-state index is 10.9. The van der Waals surface area contributed by atoms with E-state index >= 15 is 0 Å². The number of methoxy groups -OCH3 is 1. The van der Waals surface area contributed by atoms with Gasteiger partial charge in [0.2, 0.25) is 0 Å². The van der Waals surface area contributed by atoms with Crippen LogP contribution in [0.3, 0.4) is 0 Å². The zero-order chi connectivity index (χ0) is 13.7. The molecular weight excluding hydrogens is 240 g/mol. The quantitative estimate of drug-likeness (QED) is 0.769. The number of carbonyl (C=O) groups excluding carboxylic acids is 1. The minimum Gasteiger partial charge on any atom is -0.496 e. The Morgan fingerprint density at radius 3 is 2.47 bits per heavy atom. The highest BCUT2D eigenvalue weighted by Crippen LogP contribution is 2.30. The summed E-state index contributed by atoms with van der Waals surface area (Å²) in [4.78, 5) is 10.9. The molecule has 0 amide bonds. The zero-order valence-corrected chi connectivity index (χ0v) is 11.1. The summed E-state index contributed by atoms with van der Waals surface area (Å²) in [6.07, 6.45) is 0.785. The van der Waals surface area contributed by atoms with E-state index < -0.39 is 0 Å². The van der Waals surface area contributed by atoms with Crippen LogP contribution in [0.5, 0.6) is 11.5 Å². The molecule has 98 valence electrons. The van der Waals surface area contributed by atoms with Crippen LogP contribution in [-0.4, -0.2) is 13.4 Å². The Morgan fingerprint density at radius 1 is 1.11 bits per heavy atom. The fourth-order valence-corrected chi connectivity index (χ4v) is 1.95. The van der Waals surface area contributed by atoms with Gasteiger partial charge in [-0.15, -0.1) is 0 Å². The summed E-state index contributed by atoms with van der Waals surface area (Å²) in [6, 6.07) is 13.4. The summed E-state index contributed by atoms with van der Waals surface area (Å²) in [7, 11) is 1.55. The number of aldehydes is 1.